The number of amides is 2. The third kappa shape index (κ3) is 13.5. The van der Waals surface area contributed by atoms with E-state index in [4.69, 9.17) is 49.0 Å². The van der Waals surface area contributed by atoms with E-state index in [2.05, 4.69) is 10.6 Å². The highest BCUT2D eigenvalue weighted by molar-refractivity contribution is 6.67. The van der Waals surface area contributed by atoms with Gasteiger partial charge in [0.1, 0.15) is 18.4 Å². The molecule has 0 rings (SSSR count). The molecule has 7 nitrogen and oxygen atoms in total. The van der Waals surface area contributed by atoms with E-state index in [0.29, 0.717) is 6.42 Å². The van der Waals surface area contributed by atoms with Crippen molar-refractivity contribution in [3.63, 3.8) is 0 Å². The van der Waals surface area contributed by atoms with Crippen LogP contribution in [0, 0.1) is 0 Å². The maximum Gasteiger partial charge on any atom is 0.409 e. The van der Waals surface area contributed by atoms with E-state index < -0.39 is 34.4 Å². The molecule has 0 aliphatic rings. The summed E-state index contributed by atoms with van der Waals surface area (Å²) in [5.41, 5.74) is -0.594. The highest BCUT2D eigenvalue weighted by Gasteiger charge is 2.24. The number of nitrogens with one attached hydrogen (secondary N) is 2. The van der Waals surface area contributed by atoms with Gasteiger partial charge >= 0.3 is 12.2 Å². The van der Waals surface area contributed by atoms with Crippen molar-refractivity contribution in [2.24, 2.45) is 0 Å². The van der Waals surface area contributed by atoms with Crippen LogP contribution in [0.25, 0.3) is 0 Å². The molecule has 136 valence electrons. The molecule has 0 heterocycles. The van der Waals surface area contributed by atoms with E-state index in [1.165, 1.54) is 7.11 Å². The third-order valence-corrected chi connectivity index (χ3v) is 2.59. The Balaban J connectivity index is 4.26. The van der Waals surface area contributed by atoms with Crippen LogP contribution in [-0.2, 0) is 14.2 Å². The predicted octanol–water partition coefficient (Wildman–Crippen LogP) is 3.36. The Morgan fingerprint density at radius 1 is 1.09 bits per heavy atom. The molecule has 23 heavy (non-hydrogen) atoms. The molecule has 0 aliphatic heterocycles. The Morgan fingerprint density at radius 3 is 2.09 bits per heavy atom. The maximum absolute atomic E-state index is 11.6. The number of alkyl halides is 3. The summed E-state index contributed by atoms with van der Waals surface area (Å²) in [4.78, 5) is 23.2. The van der Waals surface area contributed by atoms with E-state index in [1.807, 2.05) is 0 Å². The van der Waals surface area contributed by atoms with Gasteiger partial charge in [0.25, 0.3) is 0 Å². The van der Waals surface area contributed by atoms with Crippen molar-refractivity contribution in [2.45, 2.75) is 55.8 Å². The topological polar surface area (TPSA) is 85.9 Å². The molecule has 0 aromatic carbocycles. The molecule has 0 aromatic rings. The second-order valence-electron chi connectivity index (χ2n) is 5.84. The molecule has 10 heteroatoms. The maximum atomic E-state index is 11.6. The summed E-state index contributed by atoms with van der Waals surface area (Å²) in [7, 11) is 1.40. The number of carbonyl (C=O) groups is 2. The van der Waals surface area contributed by atoms with Gasteiger partial charge in [-0.1, -0.05) is 34.8 Å². The number of halogens is 3. The highest BCUT2D eigenvalue weighted by atomic mass is 35.6. The normalized spacial score (nSPS) is 14.6. The average molecular weight is 394 g/mol. The smallest absolute Gasteiger partial charge is 0.409 e. The van der Waals surface area contributed by atoms with Crippen molar-refractivity contribution in [3.8, 4) is 0 Å². The number of rotatable bonds is 6. The number of hydrogen-bond acceptors (Lipinski definition) is 5. The van der Waals surface area contributed by atoms with Crippen LogP contribution in [0.2, 0.25) is 0 Å². The lowest BCUT2D eigenvalue weighted by Crippen LogP contribution is -2.44. The SMILES string of the molecule is COC(C[C@@H](C)NC(=O)OC(C)(C)C)NC(=O)OCC(Cl)(Cl)Cl. The van der Waals surface area contributed by atoms with Gasteiger partial charge in [-0.05, 0) is 27.7 Å². The van der Waals surface area contributed by atoms with E-state index in [1.54, 1.807) is 27.7 Å². The summed E-state index contributed by atoms with van der Waals surface area (Å²) in [5.74, 6) is 0. The lowest BCUT2D eigenvalue weighted by molar-refractivity contribution is 0.0396. The molecule has 0 saturated carbocycles. The number of carbonyl (C=O) groups excluding carboxylic acids is 2. The van der Waals surface area contributed by atoms with Crippen molar-refractivity contribution in [3.05, 3.63) is 0 Å². The minimum atomic E-state index is -1.69. The molecule has 0 aliphatic carbocycles. The molecule has 0 fully saturated rings. The fourth-order valence-electron chi connectivity index (χ4n) is 1.42. The second kappa shape index (κ2) is 9.61. The summed E-state index contributed by atoms with van der Waals surface area (Å²) in [6.07, 6.45) is -1.76. The molecule has 2 amide bonds. The van der Waals surface area contributed by atoms with Crippen LogP contribution < -0.4 is 10.6 Å². The Labute approximate surface area is 151 Å². The number of hydrogen-bond donors (Lipinski definition) is 2. The molecule has 0 radical (unpaired) electrons. The first kappa shape index (κ1) is 22.4. The minimum absolute atomic E-state index is 0.290. The molecule has 2 N–H and O–H groups in total. The van der Waals surface area contributed by atoms with Crippen LogP contribution in [0.4, 0.5) is 9.59 Å². The van der Waals surface area contributed by atoms with Crippen molar-refractivity contribution < 1.29 is 23.8 Å². The fourth-order valence-corrected chi connectivity index (χ4v) is 1.59. The molecule has 0 aromatic heterocycles. The zero-order valence-corrected chi connectivity index (χ0v) is 16.0. The monoisotopic (exact) mass is 392 g/mol. The van der Waals surface area contributed by atoms with E-state index in [9.17, 15) is 9.59 Å². The van der Waals surface area contributed by atoms with Gasteiger partial charge in [-0.15, -0.1) is 0 Å². The minimum Gasteiger partial charge on any atom is -0.445 e. The summed E-state index contributed by atoms with van der Waals surface area (Å²) < 4.78 is 13.3. The average Bonchev–Trinajstić information content (AvgIpc) is 2.32. The Bertz CT molecular complexity index is 396. The van der Waals surface area contributed by atoms with Crippen LogP contribution in [0.15, 0.2) is 0 Å². The molecule has 0 bridgehead atoms. The summed E-state index contributed by atoms with van der Waals surface area (Å²) >= 11 is 16.4. The summed E-state index contributed by atoms with van der Waals surface area (Å²) in [5, 5.41) is 5.07. The van der Waals surface area contributed by atoms with E-state index in [0.717, 1.165) is 0 Å². The van der Waals surface area contributed by atoms with Crippen LogP contribution in [0.3, 0.4) is 0 Å². The van der Waals surface area contributed by atoms with E-state index in [-0.39, 0.29) is 6.04 Å². The summed E-state index contributed by atoms with van der Waals surface area (Å²) in [6, 6.07) is -0.316. The molecule has 0 spiro atoms. The number of methoxy groups -OCH3 is 1. The lowest BCUT2D eigenvalue weighted by Gasteiger charge is -2.24. The fraction of sp³-hybridized carbons (Fsp3) is 0.846. The highest BCUT2D eigenvalue weighted by Crippen LogP contribution is 2.25. The largest absolute Gasteiger partial charge is 0.445 e. The number of alkyl carbamates (subject to hydrolysis) is 2. The Morgan fingerprint density at radius 2 is 1.65 bits per heavy atom. The third-order valence-electron chi connectivity index (χ3n) is 2.26. The van der Waals surface area contributed by atoms with Crippen LogP contribution in [0.5, 0.6) is 0 Å². The van der Waals surface area contributed by atoms with Crippen LogP contribution in [-0.4, -0.2) is 47.6 Å². The lowest BCUT2D eigenvalue weighted by atomic mass is 10.2. The molecule has 1 unspecified atom stereocenters. The molecule has 2 atom stereocenters. The number of ether oxygens (including phenoxy) is 3. The van der Waals surface area contributed by atoms with Gasteiger partial charge in [0.05, 0.1) is 0 Å². The van der Waals surface area contributed by atoms with Crippen molar-refractivity contribution in [1.82, 2.24) is 10.6 Å². The quantitative estimate of drug-likeness (QED) is 0.534. The van der Waals surface area contributed by atoms with Crippen LogP contribution in [0.1, 0.15) is 34.1 Å². The van der Waals surface area contributed by atoms with Gasteiger partial charge in [-0.25, -0.2) is 9.59 Å². The van der Waals surface area contributed by atoms with Gasteiger partial charge in [0.2, 0.25) is 3.79 Å². The molecular weight excluding hydrogens is 371 g/mol. The first-order valence-electron chi connectivity index (χ1n) is 6.84. The Hall–Kier alpha value is -0.630. The van der Waals surface area contributed by atoms with Crippen molar-refractivity contribution in [2.75, 3.05) is 13.7 Å². The molecular formula is C13H23Cl3N2O5. The predicted molar refractivity (Wildman–Crippen MR) is 89.0 cm³/mol. The van der Waals surface area contributed by atoms with Gasteiger partial charge in [-0.3, -0.25) is 5.32 Å². The van der Waals surface area contributed by atoms with E-state index >= 15 is 0 Å². The van der Waals surface area contributed by atoms with Gasteiger partial charge in [-0.2, -0.15) is 0 Å². The first-order chi connectivity index (χ1) is 10.3. The second-order valence-corrected chi connectivity index (χ2v) is 8.36. The van der Waals surface area contributed by atoms with Crippen LogP contribution >= 0.6 is 34.8 Å². The standard InChI is InChI=1S/C13H23Cl3N2O5/c1-8(17-11(20)23-12(2,3)4)6-9(21-5)18-10(19)22-7-13(14,15)16/h8-9H,6-7H2,1-5H3,(H,17,20)(H,18,19)/t8-,9?/m1/s1. The zero-order chi connectivity index (χ0) is 18.3. The Kier molecular flexibility index (Phi) is 9.35. The zero-order valence-electron chi connectivity index (χ0n) is 13.7. The van der Waals surface area contributed by atoms with Gasteiger partial charge in [0.15, 0.2) is 0 Å². The van der Waals surface area contributed by atoms with Gasteiger partial charge in [0, 0.05) is 19.6 Å². The molecule has 0 saturated heterocycles. The van der Waals surface area contributed by atoms with Crippen molar-refractivity contribution >= 4 is 47.0 Å². The summed E-state index contributed by atoms with van der Waals surface area (Å²) in [6.45, 7) is 6.63. The van der Waals surface area contributed by atoms with Gasteiger partial charge < -0.3 is 19.5 Å². The first-order valence-corrected chi connectivity index (χ1v) is 7.98. The van der Waals surface area contributed by atoms with Crippen molar-refractivity contribution in [1.29, 1.82) is 0 Å².